The summed E-state index contributed by atoms with van der Waals surface area (Å²) in [6.45, 7) is 2.11. The van der Waals surface area contributed by atoms with Gasteiger partial charge in [-0.25, -0.2) is 0 Å². The maximum atomic E-state index is 8.64. The van der Waals surface area contributed by atoms with Crippen molar-refractivity contribution < 1.29 is 14.6 Å². The van der Waals surface area contributed by atoms with E-state index in [9.17, 15) is 0 Å². The third-order valence-electron chi connectivity index (χ3n) is 3.07. The van der Waals surface area contributed by atoms with Crippen LogP contribution in [0.5, 0.6) is 5.75 Å². The minimum atomic E-state index is 0.0426. The lowest BCUT2D eigenvalue weighted by molar-refractivity contribution is 0.0703. The number of aliphatic hydroxyl groups is 1. The highest BCUT2D eigenvalue weighted by molar-refractivity contribution is 5.87. The number of rotatable bonds is 8. The lowest BCUT2D eigenvalue weighted by atomic mass is 10.0. The van der Waals surface area contributed by atoms with Gasteiger partial charge in [-0.15, -0.1) is 0 Å². The van der Waals surface area contributed by atoms with Crippen molar-refractivity contribution >= 4 is 10.8 Å². The van der Waals surface area contributed by atoms with E-state index in [1.54, 1.807) is 0 Å². The average molecular weight is 275 g/mol. The minimum Gasteiger partial charge on any atom is -0.491 e. The van der Waals surface area contributed by atoms with Gasteiger partial charge in [-0.2, -0.15) is 0 Å². The number of hydrogen-bond acceptors (Lipinski definition) is 4. The third kappa shape index (κ3) is 3.70. The summed E-state index contributed by atoms with van der Waals surface area (Å²) in [4.78, 5) is 0. The number of fused-ring (bicyclic) bond motifs is 1. The largest absolute Gasteiger partial charge is 0.491 e. The summed E-state index contributed by atoms with van der Waals surface area (Å²) in [5.41, 5.74) is 1.16. The Morgan fingerprint density at radius 2 is 1.90 bits per heavy atom. The summed E-state index contributed by atoms with van der Waals surface area (Å²) >= 11 is 0. The average Bonchev–Trinajstić information content (AvgIpc) is 2.49. The number of benzene rings is 2. The van der Waals surface area contributed by atoms with Gasteiger partial charge in [0.15, 0.2) is 0 Å². The van der Waals surface area contributed by atoms with E-state index >= 15 is 0 Å². The molecule has 2 aromatic rings. The fourth-order valence-corrected chi connectivity index (χ4v) is 2.19. The van der Waals surface area contributed by atoms with E-state index in [4.69, 9.17) is 14.6 Å². The SMILES string of the molecule is CNCc1c(OCCOCCO)ccc2ccccc12. The van der Waals surface area contributed by atoms with Gasteiger partial charge < -0.3 is 19.9 Å². The molecule has 2 aromatic carbocycles. The van der Waals surface area contributed by atoms with E-state index in [0.717, 1.165) is 17.9 Å². The van der Waals surface area contributed by atoms with E-state index in [1.165, 1.54) is 10.8 Å². The normalized spacial score (nSPS) is 10.9. The maximum Gasteiger partial charge on any atom is 0.124 e. The van der Waals surface area contributed by atoms with Gasteiger partial charge in [0.1, 0.15) is 12.4 Å². The van der Waals surface area contributed by atoms with Crippen LogP contribution in [0.25, 0.3) is 10.8 Å². The van der Waals surface area contributed by atoms with Crippen molar-refractivity contribution in [1.29, 1.82) is 0 Å². The molecule has 4 nitrogen and oxygen atoms in total. The van der Waals surface area contributed by atoms with Crippen molar-refractivity contribution in [2.75, 3.05) is 33.5 Å². The second kappa shape index (κ2) is 7.85. The van der Waals surface area contributed by atoms with Crippen LogP contribution < -0.4 is 10.1 Å². The fraction of sp³-hybridized carbons (Fsp3) is 0.375. The molecule has 0 radical (unpaired) electrons. The lowest BCUT2D eigenvalue weighted by Gasteiger charge is -2.14. The first-order valence-electron chi connectivity index (χ1n) is 6.83. The Morgan fingerprint density at radius 3 is 2.70 bits per heavy atom. The van der Waals surface area contributed by atoms with E-state index in [1.807, 2.05) is 25.2 Å². The first-order chi connectivity index (χ1) is 9.86. The quantitative estimate of drug-likeness (QED) is 0.723. The molecule has 2 rings (SSSR count). The van der Waals surface area contributed by atoms with Crippen LogP contribution in [0.2, 0.25) is 0 Å². The predicted molar refractivity (Wildman–Crippen MR) is 80.1 cm³/mol. The van der Waals surface area contributed by atoms with Crippen LogP contribution in [0.15, 0.2) is 36.4 Å². The van der Waals surface area contributed by atoms with Crippen molar-refractivity contribution in [3.05, 3.63) is 42.0 Å². The molecule has 20 heavy (non-hydrogen) atoms. The second-order valence-electron chi connectivity index (χ2n) is 4.48. The summed E-state index contributed by atoms with van der Waals surface area (Å²) in [6.07, 6.45) is 0. The molecule has 0 aliphatic rings. The summed E-state index contributed by atoms with van der Waals surface area (Å²) in [5.74, 6) is 0.880. The molecule has 108 valence electrons. The summed E-state index contributed by atoms with van der Waals surface area (Å²) in [7, 11) is 1.93. The Bertz CT molecular complexity index is 542. The molecule has 0 aromatic heterocycles. The van der Waals surface area contributed by atoms with Crippen LogP contribution in [0.1, 0.15) is 5.56 Å². The zero-order chi connectivity index (χ0) is 14.2. The highest BCUT2D eigenvalue weighted by Crippen LogP contribution is 2.28. The van der Waals surface area contributed by atoms with Gasteiger partial charge in [0.25, 0.3) is 0 Å². The predicted octanol–water partition coefficient (Wildman–Crippen LogP) is 1.95. The molecule has 0 aliphatic carbocycles. The number of ether oxygens (including phenoxy) is 2. The van der Waals surface area contributed by atoms with Crippen LogP contribution in [0, 0.1) is 0 Å². The van der Waals surface area contributed by atoms with Crippen molar-refractivity contribution in [1.82, 2.24) is 5.32 Å². The van der Waals surface area contributed by atoms with Gasteiger partial charge in [-0.3, -0.25) is 0 Å². The highest BCUT2D eigenvalue weighted by atomic mass is 16.5. The molecular weight excluding hydrogens is 254 g/mol. The molecule has 0 amide bonds. The molecule has 0 saturated carbocycles. The highest BCUT2D eigenvalue weighted by Gasteiger charge is 2.07. The third-order valence-corrected chi connectivity index (χ3v) is 3.07. The van der Waals surface area contributed by atoms with Crippen molar-refractivity contribution in [3.63, 3.8) is 0 Å². The molecule has 0 unspecified atom stereocenters. The molecule has 0 fully saturated rings. The first-order valence-corrected chi connectivity index (χ1v) is 6.83. The Morgan fingerprint density at radius 1 is 1.05 bits per heavy atom. The van der Waals surface area contributed by atoms with Crippen LogP contribution in [-0.4, -0.2) is 38.6 Å². The van der Waals surface area contributed by atoms with E-state index in [0.29, 0.717) is 19.8 Å². The molecule has 0 spiro atoms. The Kier molecular flexibility index (Phi) is 5.80. The molecule has 0 saturated heterocycles. The van der Waals surface area contributed by atoms with E-state index < -0.39 is 0 Å². The molecule has 0 bridgehead atoms. The monoisotopic (exact) mass is 275 g/mol. The van der Waals surface area contributed by atoms with Gasteiger partial charge in [-0.05, 0) is 23.9 Å². The topological polar surface area (TPSA) is 50.7 Å². The van der Waals surface area contributed by atoms with Crippen molar-refractivity contribution in [2.24, 2.45) is 0 Å². The smallest absolute Gasteiger partial charge is 0.124 e. The van der Waals surface area contributed by atoms with Gasteiger partial charge in [0.2, 0.25) is 0 Å². The van der Waals surface area contributed by atoms with Crippen LogP contribution in [0.3, 0.4) is 0 Å². The van der Waals surface area contributed by atoms with Crippen LogP contribution in [0.4, 0.5) is 0 Å². The van der Waals surface area contributed by atoms with Gasteiger partial charge in [-0.1, -0.05) is 30.3 Å². The molecule has 0 atom stereocenters. The van der Waals surface area contributed by atoms with E-state index in [-0.39, 0.29) is 6.61 Å². The number of aliphatic hydroxyl groups excluding tert-OH is 1. The Hall–Kier alpha value is -1.62. The standard InChI is InChI=1S/C16H21NO3/c1-17-12-15-14-5-3-2-4-13(14)6-7-16(15)20-11-10-19-9-8-18/h2-7,17-18H,8-12H2,1H3. The zero-order valence-corrected chi connectivity index (χ0v) is 11.8. The Labute approximate surface area is 119 Å². The van der Waals surface area contributed by atoms with Gasteiger partial charge in [0, 0.05) is 12.1 Å². The summed E-state index contributed by atoms with van der Waals surface area (Å²) in [5, 5.41) is 14.2. The minimum absolute atomic E-state index is 0.0426. The van der Waals surface area contributed by atoms with Crippen LogP contribution >= 0.6 is 0 Å². The number of nitrogens with one attached hydrogen (secondary N) is 1. The fourth-order valence-electron chi connectivity index (χ4n) is 2.19. The summed E-state index contributed by atoms with van der Waals surface area (Å²) in [6, 6.07) is 12.4. The van der Waals surface area contributed by atoms with Crippen molar-refractivity contribution in [3.8, 4) is 5.75 Å². The summed E-state index contributed by atoms with van der Waals surface area (Å²) < 4.78 is 11.0. The van der Waals surface area contributed by atoms with E-state index in [2.05, 4.69) is 23.5 Å². The first kappa shape index (κ1) is 14.8. The van der Waals surface area contributed by atoms with Crippen molar-refractivity contribution in [2.45, 2.75) is 6.54 Å². The molecular formula is C16H21NO3. The molecule has 4 heteroatoms. The second-order valence-corrected chi connectivity index (χ2v) is 4.48. The van der Waals surface area contributed by atoms with Crippen LogP contribution in [-0.2, 0) is 11.3 Å². The maximum absolute atomic E-state index is 8.64. The molecule has 0 aliphatic heterocycles. The van der Waals surface area contributed by atoms with Gasteiger partial charge >= 0.3 is 0 Å². The van der Waals surface area contributed by atoms with Gasteiger partial charge in [0.05, 0.1) is 19.8 Å². The molecule has 2 N–H and O–H groups in total. The molecule has 0 heterocycles. The Balaban J connectivity index is 2.13. The lowest BCUT2D eigenvalue weighted by Crippen LogP contribution is -2.12. The number of hydrogen-bond donors (Lipinski definition) is 2. The zero-order valence-electron chi connectivity index (χ0n) is 11.8.